The van der Waals surface area contributed by atoms with Crippen LogP contribution in [0, 0.1) is 0 Å². The number of fused-ring (bicyclic) bond motifs is 1. The quantitative estimate of drug-likeness (QED) is 0.225. The van der Waals surface area contributed by atoms with E-state index in [0.717, 1.165) is 16.6 Å². The minimum atomic E-state index is -0.479. The lowest BCUT2D eigenvalue weighted by molar-refractivity contribution is 0.0378. The number of carbonyl (C=O) groups is 1. The molecule has 0 amide bonds. The van der Waals surface area contributed by atoms with E-state index in [2.05, 4.69) is 15.0 Å². The van der Waals surface area contributed by atoms with E-state index in [0.29, 0.717) is 5.69 Å². The smallest absolute Gasteiger partial charge is 0.342 e. The number of pyridine rings is 1. The third kappa shape index (κ3) is 8.95. The largest absolute Gasteiger partial charge is 0.459 e. The van der Waals surface area contributed by atoms with Crippen molar-refractivity contribution in [2.75, 3.05) is 0 Å². The van der Waals surface area contributed by atoms with Crippen LogP contribution >= 0.6 is 11.6 Å². The number of carbonyl (C=O) groups excluding carboxylic acids is 1. The molecule has 0 aliphatic heterocycles. The molecular formula is C16H16ClF9N4O2. The van der Waals surface area contributed by atoms with Gasteiger partial charge in [0.05, 0.1) is 11.8 Å². The Labute approximate surface area is 179 Å². The van der Waals surface area contributed by atoms with Crippen molar-refractivity contribution in [3.8, 4) is 11.3 Å². The zero-order chi connectivity index (χ0) is 24.6. The highest BCUT2D eigenvalue weighted by Gasteiger charge is 2.21. The molecule has 0 bridgehead atoms. The van der Waals surface area contributed by atoms with Crippen molar-refractivity contribution in [2.45, 2.75) is 20.0 Å². The highest BCUT2D eigenvalue weighted by molar-refractivity contribution is 6.28. The van der Waals surface area contributed by atoms with Gasteiger partial charge in [-0.05, 0) is 37.6 Å². The van der Waals surface area contributed by atoms with Gasteiger partial charge in [0.25, 0.3) is 0 Å². The Morgan fingerprint density at radius 3 is 2.16 bits per heavy atom. The Balaban J connectivity index is -0.000000844. The maximum absolute atomic E-state index is 12.3. The van der Waals surface area contributed by atoms with Crippen molar-refractivity contribution in [3.05, 3.63) is 41.6 Å². The lowest BCUT2D eigenvalue weighted by atomic mass is 10.1. The van der Waals surface area contributed by atoms with Gasteiger partial charge in [-0.2, -0.15) is 0 Å². The molecule has 3 aromatic heterocycles. The summed E-state index contributed by atoms with van der Waals surface area (Å²) in [6.07, 6.45) is 4.74. The SMILES string of the molecule is CC(C)OC(=O)c1cnc(Cl)nc1-c1cn(C)c2ncccc12.F.FF.FF.FF.FF. The molecule has 3 heterocycles. The molecule has 3 aromatic rings. The number of ether oxygens (including phenoxy) is 1. The summed E-state index contributed by atoms with van der Waals surface area (Å²) in [4.78, 5) is 24.8. The van der Waals surface area contributed by atoms with Gasteiger partial charge in [-0.25, -0.2) is 19.7 Å². The number of halogens is 10. The maximum atomic E-state index is 12.3. The van der Waals surface area contributed by atoms with Gasteiger partial charge in [0, 0.05) is 73.2 Å². The molecule has 32 heavy (non-hydrogen) atoms. The van der Waals surface area contributed by atoms with Gasteiger partial charge in [-0.1, -0.05) is 0 Å². The van der Waals surface area contributed by atoms with Gasteiger partial charge in [0.1, 0.15) is 11.2 Å². The van der Waals surface area contributed by atoms with Crippen molar-refractivity contribution >= 4 is 28.6 Å². The normalized spacial score (nSPS) is 8.78. The summed E-state index contributed by atoms with van der Waals surface area (Å²) < 4.78 is 71.1. The van der Waals surface area contributed by atoms with Crippen LogP contribution in [-0.4, -0.2) is 31.6 Å². The van der Waals surface area contributed by atoms with Crippen molar-refractivity contribution < 1.29 is 50.8 Å². The minimum absolute atomic E-state index is 0. The molecule has 0 aromatic carbocycles. The van der Waals surface area contributed by atoms with Crippen LogP contribution in [0.2, 0.25) is 5.28 Å². The lowest BCUT2D eigenvalue weighted by Gasteiger charge is -2.10. The molecule has 182 valence electrons. The van der Waals surface area contributed by atoms with E-state index in [1.807, 2.05) is 29.9 Å². The number of esters is 1. The zero-order valence-corrected chi connectivity index (χ0v) is 17.1. The predicted octanol–water partition coefficient (Wildman–Crippen LogP) is 6.76. The molecule has 6 nitrogen and oxygen atoms in total. The first kappa shape index (κ1) is 33.5. The van der Waals surface area contributed by atoms with Crippen LogP contribution in [0.5, 0.6) is 0 Å². The van der Waals surface area contributed by atoms with Crippen LogP contribution in [0.4, 0.5) is 41.3 Å². The van der Waals surface area contributed by atoms with Gasteiger partial charge in [0.15, 0.2) is 0 Å². The molecule has 0 N–H and O–H groups in total. The van der Waals surface area contributed by atoms with E-state index in [1.54, 1.807) is 20.0 Å². The topological polar surface area (TPSA) is 69.9 Å². The third-order valence-corrected chi connectivity index (χ3v) is 3.49. The molecular weight excluding hydrogens is 487 g/mol. The van der Waals surface area contributed by atoms with Crippen LogP contribution < -0.4 is 0 Å². The Morgan fingerprint density at radius 1 is 1.06 bits per heavy atom. The monoisotopic (exact) mass is 502 g/mol. The van der Waals surface area contributed by atoms with E-state index in [-0.39, 0.29) is 21.7 Å². The van der Waals surface area contributed by atoms with Crippen LogP contribution in [0.3, 0.4) is 0 Å². The van der Waals surface area contributed by atoms with Crippen LogP contribution in [-0.2, 0) is 11.8 Å². The molecule has 3 rings (SSSR count). The fourth-order valence-corrected chi connectivity index (χ4v) is 2.53. The van der Waals surface area contributed by atoms with E-state index in [1.165, 1.54) is 6.20 Å². The summed E-state index contributed by atoms with van der Waals surface area (Å²) in [5.41, 5.74) is 2.27. The molecule has 0 spiro atoms. The number of rotatable bonds is 3. The first-order valence-corrected chi connectivity index (χ1v) is 8.06. The highest BCUT2D eigenvalue weighted by atomic mass is 35.5. The summed E-state index contributed by atoms with van der Waals surface area (Å²) >= 11 is 5.94. The Kier molecular flexibility index (Phi) is 19.5. The van der Waals surface area contributed by atoms with Gasteiger partial charge in [-0.15, -0.1) is 0 Å². The Morgan fingerprint density at radius 2 is 1.62 bits per heavy atom. The minimum Gasteiger partial charge on any atom is -0.459 e. The molecule has 16 heteroatoms. The Hall–Kier alpha value is -3.10. The second-order valence-corrected chi connectivity index (χ2v) is 5.72. The van der Waals surface area contributed by atoms with Crippen molar-refractivity contribution in [3.63, 3.8) is 0 Å². The summed E-state index contributed by atoms with van der Waals surface area (Å²) in [5.74, 6) is -0.479. The maximum Gasteiger partial charge on any atom is 0.342 e. The first-order valence-electron chi connectivity index (χ1n) is 7.68. The number of hydrogen-bond donors (Lipinski definition) is 0. The third-order valence-electron chi connectivity index (χ3n) is 3.31. The van der Waals surface area contributed by atoms with Crippen molar-refractivity contribution in [1.82, 2.24) is 19.5 Å². The highest BCUT2D eigenvalue weighted by Crippen LogP contribution is 2.31. The fourth-order valence-electron chi connectivity index (χ4n) is 2.39. The van der Waals surface area contributed by atoms with Gasteiger partial charge >= 0.3 is 5.97 Å². The number of hydrogen-bond acceptors (Lipinski definition) is 5. The van der Waals surface area contributed by atoms with Gasteiger partial charge in [0.2, 0.25) is 5.28 Å². The predicted molar refractivity (Wildman–Crippen MR) is 98.7 cm³/mol. The van der Waals surface area contributed by atoms with E-state index in [4.69, 9.17) is 52.9 Å². The summed E-state index contributed by atoms with van der Waals surface area (Å²) in [7, 11) is 1.88. The molecule has 0 aliphatic carbocycles. The molecule has 0 saturated heterocycles. The number of aryl methyl sites for hydroxylation is 1. The van der Waals surface area contributed by atoms with E-state index < -0.39 is 5.97 Å². The standard InChI is InChI=1S/C16H15ClN4O2.4F2.FH/c1-9(2)23-15(22)11-7-19-16(17)20-13(11)12-8-21(3)14-10(12)5-4-6-18-14;4*1-2;/h4-9H,1-3H3;;;;;1H. The number of nitrogens with zero attached hydrogens (tertiary/aromatic N) is 4. The molecule has 0 aliphatic rings. The molecule has 0 unspecified atom stereocenters. The summed E-state index contributed by atoms with van der Waals surface area (Å²) in [6.45, 7) is 3.58. The van der Waals surface area contributed by atoms with E-state index >= 15 is 0 Å². The second kappa shape index (κ2) is 18.7. The van der Waals surface area contributed by atoms with Crippen LogP contribution in [0.25, 0.3) is 22.3 Å². The Bertz CT molecular complexity index is 916. The van der Waals surface area contributed by atoms with Crippen LogP contribution in [0.1, 0.15) is 24.2 Å². The number of aromatic nitrogens is 4. The molecule has 0 saturated carbocycles. The lowest BCUT2D eigenvalue weighted by Crippen LogP contribution is -2.13. The molecule has 0 fully saturated rings. The summed E-state index contributed by atoms with van der Waals surface area (Å²) in [6, 6.07) is 3.76. The van der Waals surface area contributed by atoms with Gasteiger partial charge < -0.3 is 9.30 Å². The van der Waals surface area contributed by atoms with Crippen molar-refractivity contribution in [2.24, 2.45) is 7.05 Å². The average molecular weight is 503 g/mol. The molecule has 0 radical (unpaired) electrons. The summed E-state index contributed by atoms with van der Waals surface area (Å²) in [5, 5.41) is 0.949. The zero-order valence-electron chi connectivity index (χ0n) is 16.4. The van der Waals surface area contributed by atoms with Gasteiger partial charge in [-0.3, -0.25) is 4.70 Å². The van der Waals surface area contributed by atoms with Crippen molar-refractivity contribution in [1.29, 1.82) is 0 Å². The first-order chi connectivity index (χ1) is 15.0. The average Bonchev–Trinajstić information content (AvgIpc) is 3.15. The molecule has 0 atom stereocenters. The fraction of sp³-hybridized carbons (Fsp3) is 0.250. The van der Waals surface area contributed by atoms with E-state index in [9.17, 15) is 4.79 Å². The second-order valence-electron chi connectivity index (χ2n) is 5.38. The van der Waals surface area contributed by atoms with Crippen LogP contribution in [0.15, 0.2) is 30.7 Å².